The molecule has 3 rings (SSSR count). The van der Waals surface area contributed by atoms with Gasteiger partial charge in [0.05, 0.1) is 0 Å². The van der Waals surface area contributed by atoms with Crippen LogP contribution in [0.1, 0.15) is 25.8 Å². The molecule has 2 aliphatic heterocycles. The van der Waals surface area contributed by atoms with Gasteiger partial charge in [0.15, 0.2) is 0 Å². The van der Waals surface area contributed by atoms with Crippen molar-refractivity contribution in [3.63, 3.8) is 0 Å². The summed E-state index contributed by atoms with van der Waals surface area (Å²) in [4.78, 5) is 19.4. The molecule has 0 radical (unpaired) electrons. The molecule has 0 spiro atoms. The number of benzene rings is 1. The van der Waals surface area contributed by atoms with E-state index < -0.39 is 0 Å². The summed E-state index contributed by atoms with van der Waals surface area (Å²) in [6.45, 7) is 9.57. The Morgan fingerprint density at radius 2 is 1.96 bits per heavy atom. The first-order chi connectivity index (χ1) is 11.1. The topological polar surface area (TPSA) is 26.8 Å². The number of piperazine rings is 1. The van der Waals surface area contributed by atoms with E-state index in [9.17, 15) is 9.18 Å². The van der Waals surface area contributed by atoms with E-state index in [4.69, 9.17) is 0 Å². The molecule has 0 aromatic heterocycles. The molecule has 1 unspecified atom stereocenters. The van der Waals surface area contributed by atoms with E-state index in [1.54, 1.807) is 6.07 Å². The van der Waals surface area contributed by atoms with Crippen LogP contribution in [0.2, 0.25) is 0 Å². The summed E-state index contributed by atoms with van der Waals surface area (Å²) in [5.41, 5.74) is 2.04. The molecule has 126 valence electrons. The van der Waals surface area contributed by atoms with Crippen molar-refractivity contribution in [2.24, 2.45) is 0 Å². The Morgan fingerprint density at radius 1 is 1.22 bits per heavy atom. The number of carbonyl (C=O) groups excluding carboxylic acids is 1. The zero-order valence-electron chi connectivity index (χ0n) is 14.1. The maximum absolute atomic E-state index is 13.4. The average molecular weight is 319 g/mol. The molecule has 1 amide bonds. The van der Waals surface area contributed by atoms with Crippen LogP contribution in [0, 0.1) is 5.82 Å². The molecule has 0 aliphatic carbocycles. The molecule has 1 atom stereocenters. The van der Waals surface area contributed by atoms with Gasteiger partial charge in [0.25, 0.3) is 0 Å². The number of rotatable bonds is 3. The molecular formula is C18H26FN3O. The molecule has 2 heterocycles. The highest BCUT2D eigenvalue weighted by atomic mass is 19.1. The lowest BCUT2D eigenvalue weighted by molar-refractivity contribution is -0.134. The highest BCUT2D eigenvalue weighted by Gasteiger charge is 2.30. The second-order valence-electron chi connectivity index (χ2n) is 6.51. The van der Waals surface area contributed by atoms with Gasteiger partial charge in [-0.05, 0) is 50.1 Å². The van der Waals surface area contributed by atoms with Gasteiger partial charge < -0.3 is 14.7 Å². The number of hydrogen-bond acceptors (Lipinski definition) is 3. The summed E-state index contributed by atoms with van der Waals surface area (Å²) in [6.07, 6.45) is 1.86. The van der Waals surface area contributed by atoms with Crippen molar-refractivity contribution >= 4 is 11.6 Å². The lowest BCUT2D eigenvalue weighted by Crippen LogP contribution is -2.54. The largest absolute Gasteiger partial charge is 0.360 e. The molecule has 23 heavy (non-hydrogen) atoms. The number of nitrogens with zero attached hydrogens (tertiary/aromatic N) is 3. The first kappa shape index (κ1) is 16.2. The minimum Gasteiger partial charge on any atom is -0.360 e. The van der Waals surface area contributed by atoms with Crippen LogP contribution in [0.25, 0.3) is 0 Å². The fraction of sp³-hybridized carbons (Fsp3) is 0.611. The molecule has 0 saturated carbocycles. The molecule has 0 N–H and O–H groups in total. The van der Waals surface area contributed by atoms with Crippen LogP contribution in [-0.2, 0) is 11.2 Å². The van der Waals surface area contributed by atoms with E-state index in [0.29, 0.717) is 0 Å². The van der Waals surface area contributed by atoms with Gasteiger partial charge in [-0.1, -0.05) is 6.92 Å². The number of fused-ring (bicyclic) bond motifs is 1. The Labute approximate surface area is 137 Å². The van der Waals surface area contributed by atoms with E-state index >= 15 is 0 Å². The number of carbonyl (C=O) groups is 1. The van der Waals surface area contributed by atoms with E-state index in [0.717, 1.165) is 63.4 Å². The number of aryl methyl sites for hydroxylation is 1. The van der Waals surface area contributed by atoms with Gasteiger partial charge in [0.1, 0.15) is 11.9 Å². The van der Waals surface area contributed by atoms with Gasteiger partial charge in [-0.2, -0.15) is 0 Å². The van der Waals surface area contributed by atoms with Crippen LogP contribution in [0.5, 0.6) is 0 Å². The summed E-state index contributed by atoms with van der Waals surface area (Å²) >= 11 is 0. The first-order valence-electron chi connectivity index (χ1n) is 8.66. The van der Waals surface area contributed by atoms with Crippen LogP contribution >= 0.6 is 0 Å². The fourth-order valence-electron chi connectivity index (χ4n) is 3.68. The Balaban J connectivity index is 1.71. The quantitative estimate of drug-likeness (QED) is 0.854. The molecule has 4 nitrogen and oxygen atoms in total. The Bertz CT molecular complexity index is 569. The minimum atomic E-state index is -0.194. The van der Waals surface area contributed by atoms with E-state index in [1.807, 2.05) is 17.9 Å². The molecule has 5 heteroatoms. The highest BCUT2D eigenvalue weighted by Crippen LogP contribution is 2.29. The molecule has 1 fully saturated rings. The number of likely N-dealkylation sites (N-methyl/N-ethyl adjacent to an activating group) is 1. The minimum absolute atomic E-state index is 0.187. The predicted molar refractivity (Wildman–Crippen MR) is 90.2 cm³/mol. The van der Waals surface area contributed by atoms with Gasteiger partial charge in [-0.25, -0.2) is 4.39 Å². The maximum Gasteiger partial charge on any atom is 0.245 e. The summed E-state index contributed by atoms with van der Waals surface area (Å²) in [5.74, 6) is -0.00167. The third-order valence-electron chi connectivity index (χ3n) is 5.15. The molecule has 1 aromatic rings. The molecule has 1 aromatic carbocycles. The van der Waals surface area contributed by atoms with E-state index in [2.05, 4.69) is 16.7 Å². The standard InChI is InChI=1S/C18H26FN3O/c1-3-20-9-11-21(12-10-20)18(23)14(2)22-8-4-5-15-13-16(19)6-7-17(15)22/h6-7,13-14H,3-5,8-12H2,1-2H3. The van der Waals surface area contributed by atoms with E-state index in [-0.39, 0.29) is 17.8 Å². The summed E-state index contributed by atoms with van der Waals surface area (Å²) in [7, 11) is 0. The second-order valence-corrected chi connectivity index (χ2v) is 6.51. The van der Waals surface area contributed by atoms with Crippen molar-refractivity contribution in [2.75, 3.05) is 44.2 Å². The second kappa shape index (κ2) is 6.87. The SMILES string of the molecule is CCN1CCN(C(=O)C(C)N2CCCc3cc(F)ccc32)CC1. The van der Waals surface area contributed by atoms with Gasteiger partial charge in [0, 0.05) is 38.4 Å². The van der Waals surface area contributed by atoms with Gasteiger partial charge in [-0.3, -0.25) is 4.79 Å². The Morgan fingerprint density at radius 3 is 2.65 bits per heavy atom. The monoisotopic (exact) mass is 319 g/mol. The Kier molecular flexibility index (Phi) is 4.85. The third-order valence-corrected chi connectivity index (χ3v) is 5.15. The third kappa shape index (κ3) is 3.34. The van der Waals surface area contributed by atoms with Crippen LogP contribution in [0.3, 0.4) is 0 Å². The maximum atomic E-state index is 13.4. The summed E-state index contributed by atoms with van der Waals surface area (Å²) in [5, 5.41) is 0. The van der Waals surface area contributed by atoms with E-state index in [1.165, 1.54) is 6.07 Å². The lowest BCUT2D eigenvalue weighted by Gasteiger charge is -2.40. The van der Waals surface area contributed by atoms with Crippen LogP contribution in [-0.4, -0.2) is 61.0 Å². The summed E-state index contributed by atoms with van der Waals surface area (Å²) < 4.78 is 13.4. The smallest absolute Gasteiger partial charge is 0.245 e. The van der Waals surface area contributed by atoms with Crippen LogP contribution in [0.15, 0.2) is 18.2 Å². The average Bonchev–Trinajstić information content (AvgIpc) is 2.59. The lowest BCUT2D eigenvalue weighted by atomic mass is 9.99. The van der Waals surface area contributed by atoms with Crippen LogP contribution in [0.4, 0.5) is 10.1 Å². The highest BCUT2D eigenvalue weighted by molar-refractivity contribution is 5.85. The molecule has 2 aliphatic rings. The van der Waals surface area contributed by atoms with Crippen molar-refractivity contribution in [3.05, 3.63) is 29.6 Å². The van der Waals surface area contributed by atoms with Crippen molar-refractivity contribution in [1.29, 1.82) is 0 Å². The normalized spacial score (nSPS) is 20.3. The number of amides is 1. The fourth-order valence-corrected chi connectivity index (χ4v) is 3.68. The molecule has 0 bridgehead atoms. The van der Waals surface area contributed by atoms with Crippen molar-refractivity contribution in [3.8, 4) is 0 Å². The van der Waals surface area contributed by atoms with Gasteiger partial charge in [-0.15, -0.1) is 0 Å². The first-order valence-corrected chi connectivity index (χ1v) is 8.66. The molecule has 1 saturated heterocycles. The van der Waals surface area contributed by atoms with Crippen molar-refractivity contribution < 1.29 is 9.18 Å². The zero-order valence-corrected chi connectivity index (χ0v) is 14.1. The van der Waals surface area contributed by atoms with Crippen molar-refractivity contribution in [1.82, 2.24) is 9.80 Å². The predicted octanol–water partition coefficient (Wildman–Crippen LogP) is 2.13. The number of halogens is 1. The Hall–Kier alpha value is -1.62. The molecular weight excluding hydrogens is 293 g/mol. The van der Waals surface area contributed by atoms with Gasteiger partial charge >= 0.3 is 0 Å². The van der Waals surface area contributed by atoms with Crippen LogP contribution < -0.4 is 4.90 Å². The summed E-state index contributed by atoms with van der Waals surface area (Å²) in [6, 6.07) is 4.74. The van der Waals surface area contributed by atoms with Crippen molar-refractivity contribution in [2.45, 2.75) is 32.7 Å². The number of hydrogen-bond donors (Lipinski definition) is 0. The zero-order chi connectivity index (χ0) is 16.4. The number of anilines is 1. The van der Waals surface area contributed by atoms with Gasteiger partial charge in [0.2, 0.25) is 5.91 Å².